The summed E-state index contributed by atoms with van der Waals surface area (Å²) in [6, 6.07) is 12.0. The lowest BCUT2D eigenvalue weighted by molar-refractivity contribution is 0.390. The molecule has 0 spiro atoms. The number of hydrogen-bond acceptors (Lipinski definition) is 4. The SMILES string of the molecule is CN=C(NCCc1cc(C)ccc1OC)NCc1ccc(OC)cc1OC. The fourth-order valence-corrected chi connectivity index (χ4v) is 2.82. The molecule has 6 heteroatoms. The number of benzene rings is 2. The number of rotatable bonds is 8. The van der Waals surface area contributed by atoms with Gasteiger partial charge in [-0.15, -0.1) is 0 Å². The summed E-state index contributed by atoms with van der Waals surface area (Å²) < 4.78 is 16.1. The predicted molar refractivity (Wildman–Crippen MR) is 109 cm³/mol. The second-order valence-corrected chi connectivity index (χ2v) is 6.10. The molecule has 0 amide bonds. The highest BCUT2D eigenvalue weighted by atomic mass is 16.5. The molecule has 0 unspecified atom stereocenters. The molecule has 2 aromatic rings. The Balaban J connectivity index is 1.91. The van der Waals surface area contributed by atoms with E-state index in [4.69, 9.17) is 14.2 Å². The first-order chi connectivity index (χ1) is 13.1. The maximum absolute atomic E-state index is 5.44. The van der Waals surface area contributed by atoms with E-state index >= 15 is 0 Å². The number of aryl methyl sites for hydroxylation is 1. The zero-order valence-corrected chi connectivity index (χ0v) is 16.8. The van der Waals surface area contributed by atoms with Crippen LogP contribution in [0.1, 0.15) is 16.7 Å². The molecule has 0 aromatic heterocycles. The van der Waals surface area contributed by atoms with Gasteiger partial charge in [0, 0.05) is 31.8 Å². The Labute approximate surface area is 161 Å². The molecule has 0 bridgehead atoms. The summed E-state index contributed by atoms with van der Waals surface area (Å²) in [5.41, 5.74) is 3.43. The summed E-state index contributed by atoms with van der Waals surface area (Å²) in [5, 5.41) is 6.65. The highest BCUT2D eigenvalue weighted by Crippen LogP contribution is 2.24. The summed E-state index contributed by atoms with van der Waals surface area (Å²) in [4.78, 5) is 4.28. The molecular formula is C21H29N3O3. The molecular weight excluding hydrogens is 342 g/mol. The normalized spacial score (nSPS) is 11.1. The van der Waals surface area contributed by atoms with E-state index in [1.807, 2.05) is 24.3 Å². The number of nitrogens with one attached hydrogen (secondary N) is 2. The summed E-state index contributed by atoms with van der Waals surface area (Å²) >= 11 is 0. The maximum atomic E-state index is 5.44. The zero-order valence-electron chi connectivity index (χ0n) is 16.8. The van der Waals surface area contributed by atoms with Crippen molar-refractivity contribution in [1.82, 2.24) is 10.6 Å². The van der Waals surface area contributed by atoms with Crippen molar-refractivity contribution >= 4 is 5.96 Å². The van der Waals surface area contributed by atoms with Gasteiger partial charge in [-0.1, -0.05) is 17.7 Å². The predicted octanol–water partition coefficient (Wildman–Crippen LogP) is 2.93. The van der Waals surface area contributed by atoms with Gasteiger partial charge in [0.1, 0.15) is 17.2 Å². The van der Waals surface area contributed by atoms with E-state index < -0.39 is 0 Å². The van der Waals surface area contributed by atoms with Crippen molar-refractivity contribution in [3.63, 3.8) is 0 Å². The van der Waals surface area contributed by atoms with Gasteiger partial charge in [0.05, 0.1) is 21.3 Å². The Kier molecular flexibility index (Phi) is 7.79. The summed E-state index contributed by atoms with van der Waals surface area (Å²) in [5.74, 6) is 3.19. The molecule has 0 saturated carbocycles. The van der Waals surface area contributed by atoms with E-state index in [1.165, 1.54) is 11.1 Å². The van der Waals surface area contributed by atoms with E-state index in [9.17, 15) is 0 Å². The third-order valence-corrected chi connectivity index (χ3v) is 4.29. The van der Waals surface area contributed by atoms with Crippen LogP contribution in [0.15, 0.2) is 41.4 Å². The molecule has 27 heavy (non-hydrogen) atoms. The van der Waals surface area contributed by atoms with Crippen molar-refractivity contribution in [1.29, 1.82) is 0 Å². The lowest BCUT2D eigenvalue weighted by Gasteiger charge is -2.15. The minimum atomic E-state index is 0.598. The molecule has 146 valence electrons. The molecule has 0 saturated heterocycles. The van der Waals surface area contributed by atoms with Crippen molar-refractivity contribution < 1.29 is 14.2 Å². The van der Waals surface area contributed by atoms with Crippen LogP contribution in [0.2, 0.25) is 0 Å². The molecule has 6 nitrogen and oxygen atoms in total. The number of aliphatic imine (C=N–C) groups is 1. The first-order valence-electron chi connectivity index (χ1n) is 8.90. The third-order valence-electron chi connectivity index (χ3n) is 4.29. The van der Waals surface area contributed by atoms with Crippen molar-refractivity contribution in [2.45, 2.75) is 19.9 Å². The van der Waals surface area contributed by atoms with Gasteiger partial charge in [-0.25, -0.2) is 0 Å². The van der Waals surface area contributed by atoms with Crippen LogP contribution in [0.25, 0.3) is 0 Å². The van der Waals surface area contributed by atoms with Crippen LogP contribution in [0.4, 0.5) is 0 Å². The second-order valence-electron chi connectivity index (χ2n) is 6.10. The Bertz CT molecular complexity index is 775. The maximum Gasteiger partial charge on any atom is 0.191 e. The van der Waals surface area contributed by atoms with Crippen LogP contribution >= 0.6 is 0 Å². The van der Waals surface area contributed by atoms with E-state index in [0.717, 1.165) is 41.7 Å². The van der Waals surface area contributed by atoms with Gasteiger partial charge in [0.15, 0.2) is 5.96 Å². The smallest absolute Gasteiger partial charge is 0.191 e. The number of guanidine groups is 1. The van der Waals surface area contributed by atoms with Crippen LogP contribution < -0.4 is 24.8 Å². The lowest BCUT2D eigenvalue weighted by Crippen LogP contribution is -2.37. The van der Waals surface area contributed by atoms with Crippen molar-refractivity contribution in [3.05, 3.63) is 53.1 Å². The van der Waals surface area contributed by atoms with Gasteiger partial charge in [0.25, 0.3) is 0 Å². The molecule has 2 rings (SSSR count). The van der Waals surface area contributed by atoms with Gasteiger partial charge in [0.2, 0.25) is 0 Å². The number of methoxy groups -OCH3 is 3. The monoisotopic (exact) mass is 371 g/mol. The molecule has 0 aliphatic carbocycles. The minimum absolute atomic E-state index is 0.598. The molecule has 0 radical (unpaired) electrons. The molecule has 2 aromatic carbocycles. The van der Waals surface area contributed by atoms with Gasteiger partial charge < -0.3 is 24.8 Å². The van der Waals surface area contributed by atoms with Crippen LogP contribution in [-0.2, 0) is 13.0 Å². The van der Waals surface area contributed by atoms with E-state index in [-0.39, 0.29) is 0 Å². The Morgan fingerprint density at radius 3 is 2.33 bits per heavy atom. The molecule has 0 aliphatic heterocycles. The molecule has 0 heterocycles. The average molecular weight is 371 g/mol. The van der Waals surface area contributed by atoms with E-state index in [2.05, 4.69) is 34.7 Å². The molecule has 2 N–H and O–H groups in total. The largest absolute Gasteiger partial charge is 0.497 e. The van der Waals surface area contributed by atoms with Crippen LogP contribution in [0.5, 0.6) is 17.2 Å². The fourth-order valence-electron chi connectivity index (χ4n) is 2.82. The van der Waals surface area contributed by atoms with Gasteiger partial charge in [-0.05, 0) is 37.1 Å². The molecule has 0 aliphatic rings. The Morgan fingerprint density at radius 1 is 0.889 bits per heavy atom. The number of nitrogens with zero attached hydrogens (tertiary/aromatic N) is 1. The van der Waals surface area contributed by atoms with Crippen LogP contribution in [-0.4, -0.2) is 40.9 Å². The van der Waals surface area contributed by atoms with Crippen LogP contribution in [0.3, 0.4) is 0 Å². The highest BCUT2D eigenvalue weighted by molar-refractivity contribution is 5.79. The van der Waals surface area contributed by atoms with Gasteiger partial charge in [-0.3, -0.25) is 4.99 Å². The number of ether oxygens (including phenoxy) is 3. The number of hydrogen-bond donors (Lipinski definition) is 2. The van der Waals surface area contributed by atoms with Crippen molar-refractivity contribution in [2.75, 3.05) is 34.9 Å². The van der Waals surface area contributed by atoms with Crippen molar-refractivity contribution in [2.24, 2.45) is 4.99 Å². The third kappa shape index (κ3) is 5.81. The highest BCUT2D eigenvalue weighted by Gasteiger charge is 2.07. The first-order valence-corrected chi connectivity index (χ1v) is 8.90. The van der Waals surface area contributed by atoms with E-state index in [0.29, 0.717) is 6.54 Å². The summed E-state index contributed by atoms with van der Waals surface area (Å²) in [6.07, 6.45) is 0.845. The van der Waals surface area contributed by atoms with E-state index in [1.54, 1.807) is 28.4 Å². The summed E-state index contributed by atoms with van der Waals surface area (Å²) in [6.45, 7) is 3.43. The van der Waals surface area contributed by atoms with Crippen molar-refractivity contribution in [3.8, 4) is 17.2 Å². The molecule has 0 fully saturated rings. The van der Waals surface area contributed by atoms with Gasteiger partial charge in [-0.2, -0.15) is 0 Å². The Hall–Kier alpha value is -2.89. The first kappa shape index (κ1) is 20.4. The average Bonchev–Trinajstić information content (AvgIpc) is 2.70. The molecule has 0 atom stereocenters. The topological polar surface area (TPSA) is 64.1 Å². The standard InChI is InChI=1S/C21H29N3O3/c1-15-6-9-19(26-4)16(12-15)10-11-23-21(22-2)24-14-17-7-8-18(25-3)13-20(17)27-5/h6-9,12-13H,10-11,14H2,1-5H3,(H2,22,23,24). The fraction of sp³-hybridized carbons (Fsp3) is 0.381. The minimum Gasteiger partial charge on any atom is -0.497 e. The summed E-state index contributed by atoms with van der Waals surface area (Å²) in [7, 11) is 6.75. The van der Waals surface area contributed by atoms with Gasteiger partial charge >= 0.3 is 0 Å². The van der Waals surface area contributed by atoms with Crippen LogP contribution in [0, 0.1) is 6.92 Å². The zero-order chi connectivity index (χ0) is 19.6. The second kappa shape index (κ2) is 10.3. The lowest BCUT2D eigenvalue weighted by atomic mass is 10.1. The Morgan fingerprint density at radius 2 is 1.67 bits per heavy atom. The quantitative estimate of drug-likeness (QED) is 0.552.